The summed E-state index contributed by atoms with van der Waals surface area (Å²) in [6.45, 7) is 3.12. The number of piperazine rings is 1. The summed E-state index contributed by atoms with van der Waals surface area (Å²) in [4.78, 5) is 53.5. The molecule has 1 atom stereocenters. The van der Waals surface area contributed by atoms with Crippen LogP contribution in [0.5, 0.6) is 0 Å². The number of nitrogens with one attached hydrogen (secondary N) is 1. The average molecular weight is 480 g/mol. The second-order valence-electron chi connectivity index (χ2n) is 8.46. The smallest absolute Gasteiger partial charge is 0.414 e. The topological polar surface area (TPSA) is 112 Å². The van der Waals surface area contributed by atoms with Crippen molar-refractivity contribution >= 4 is 35.3 Å². The van der Waals surface area contributed by atoms with Gasteiger partial charge in [-0.2, -0.15) is 0 Å². The van der Waals surface area contributed by atoms with E-state index in [2.05, 4.69) is 5.32 Å². The fourth-order valence-corrected chi connectivity index (χ4v) is 3.75. The molecule has 0 aromatic heterocycles. The van der Waals surface area contributed by atoms with E-state index in [1.165, 1.54) is 17.9 Å². The van der Waals surface area contributed by atoms with Gasteiger partial charge >= 0.3 is 12.1 Å². The van der Waals surface area contributed by atoms with E-state index in [-0.39, 0.29) is 38.1 Å². The summed E-state index contributed by atoms with van der Waals surface area (Å²) >= 11 is 0. The molecule has 1 aromatic rings. The molecule has 12 heteroatoms. The van der Waals surface area contributed by atoms with Crippen LogP contribution in [0.1, 0.15) is 6.92 Å². The summed E-state index contributed by atoms with van der Waals surface area (Å²) in [6.07, 6.45) is -1.10. The van der Waals surface area contributed by atoms with Gasteiger partial charge in [-0.3, -0.25) is 24.2 Å². The second-order valence-corrected chi connectivity index (χ2v) is 8.46. The molecule has 0 aliphatic carbocycles. The van der Waals surface area contributed by atoms with Crippen molar-refractivity contribution in [3.05, 3.63) is 24.0 Å². The number of cyclic esters (lactones) is 1. The Kier molecular flexibility index (Phi) is 8.26. The number of hydrogen-bond donors (Lipinski definition) is 1. The van der Waals surface area contributed by atoms with Crippen LogP contribution in [0.4, 0.5) is 20.6 Å². The van der Waals surface area contributed by atoms with E-state index in [1.54, 1.807) is 36.0 Å². The molecule has 186 valence electrons. The molecule has 1 aromatic carbocycles. The fraction of sp³-hybridized carbons (Fsp3) is 0.545. The van der Waals surface area contributed by atoms with E-state index in [4.69, 9.17) is 9.47 Å². The van der Waals surface area contributed by atoms with Crippen molar-refractivity contribution in [1.29, 1.82) is 0 Å². The first-order chi connectivity index (χ1) is 16.1. The zero-order valence-electron chi connectivity index (χ0n) is 19.6. The molecular weight excluding hydrogens is 449 g/mol. The summed E-state index contributed by atoms with van der Waals surface area (Å²) in [6, 6.07) is 4.51. The molecule has 3 amide bonds. The van der Waals surface area contributed by atoms with Gasteiger partial charge in [-0.1, -0.05) is 0 Å². The number of likely N-dealkylation sites (N-methyl/N-ethyl adjacent to an activating group) is 1. The van der Waals surface area contributed by atoms with Crippen molar-refractivity contribution < 1.29 is 33.0 Å². The van der Waals surface area contributed by atoms with Crippen molar-refractivity contribution in [2.45, 2.75) is 13.0 Å². The molecule has 34 heavy (non-hydrogen) atoms. The number of benzene rings is 1. The molecule has 0 unspecified atom stereocenters. The summed E-state index contributed by atoms with van der Waals surface area (Å²) in [5.41, 5.74) is 0.737. The summed E-state index contributed by atoms with van der Waals surface area (Å²) in [5, 5.41) is 2.60. The minimum absolute atomic E-state index is 0.0987. The zero-order chi connectivity index (χ0) is 24.8. The van der Waals surface area contributed by atoms with E-state index in [0.717, 1.165) is 0 Å². The first kappa shape index (κ1) is 25.2. The van der Waals surface area contributed by atoms with Crippen LogP contribution >= 0.6 is 0 Å². The number of esters is 1. The van der Waals surface area contributed by atoms with Crippen LogP contribution in [0.15, 0.2) is 18.2 Å². The normalized spacial score (nSPS) is 18.2. The van der Waals surface area contributed by atoms with E-state index >= 15 is 0 Å². The number of amides is 3. The number of ether oxygens (including phenoxy) is 2. The average Bonchev–Trinajstić information content (AvgIpc) is 3.16. The Labute approximate surface area is 197 Å². The van der Waals surface area contributed by atoms with Gasteiger partial charge in [0.25, 0.3) is 5.91 Å². The highest BCUT2D eigenvalue weighted by Gasteiger charge is 2.33. The number of nitrogens with zero attached hydrogens (tertiary/aromatic N) is 4. The highest BCUT2D eigenvalue weighted by molar-refractivity contribution is 5.90. The van der Waals surface area contributed by atoms with Crippen molar-refractivity contribution in [3.63, 3.8) is 0 Å². The predicted molar refractivity (Wildman–Crippen MR) is 121 cm³/mol. The van der Waals surface area contributed by atoms with E-state index in [0.29, 0.717) is 37.6 Å². The molecule has 0 bridgehead atoms. The minimum Gasteiger partial charge on any atom is -0.455 e. The summed E-state index contributed by atoms with van der Waals surface area (Å²) in [5.74, 6) is -1.48. The number of carbonyl (C=O) groups is 4. The first-order valence-electron chi connectivity index (χ1n) is 11.0. The summed E-state index contributed by atoms with van der Waals surface area (Å²) < 4.78 is 25.1. The number of anilines is 2. The van der Waals surface area contributed by atoms with Gasteiger partial charge in [0.2, 0.25) is 5.91 Å². The third kappa shape index (κ3) is 6.56. The lowest BCUT2D eigenvalue weighted by Gasteiger charge is -2.36. The Hall–Kier alpha value is -3.41. The van der Waals surface area contributed by atoms with E-state index < -0.39 is 24.0 Å². The maximum atomic E-state index is 14.9. The van der Waals surface area contributed by atoms with Gasteiger partial charge in [0, 0.05) is 33.1 Å². The standard InChI is InChI=1S/C22H30FN5O6/c1-15(29)24-11-17-12-28(22(32)34-17)16-4-5-19(18(23)10-16)26-6-8-27(9-7-26)20(30)14-33-21(31)13-25(2)3/h4-5,10,17H,6-9,11-14H2,1-3H3,(H,24,29)/t17-/m0/s1. The zero-order valence-corrected chi connectivity index (χ0v) is 19.6. The van der Waals surface area contributed by atoms with Gasteiger partial charge in [-0.15, -0.1) is 0 Å². The van der Waals surface area contributed by atoms with Gasteiger partial charge in [0.1, 0.15) is 11.9 Å². The fourth-order valence-electron chi connectivity index (χ4n) is 3.75. The molecule has 2 aliphatic rings. The molecule has 2 aliphatic heterocycles. The number of hydrogen-bond acceptors (Lipinski definition) is 8. The quantitative estimate of drug-likeness (QED) is 0.521. The van der Waals surface area contributed by atoms with Gasteiger partial charge in [0.15, 0.2) is 6.61 Å². The highest BCUT2D eigenvalue weighted by atomic mass is 19.1. The molecule has 2 saturated heterocycles. The SMILES string of the molecule is CC(=O)NC[C@H]1CN(c2ccc(N3CCN(C(=O)COC(=O)CN(C)C)CC3)c(F)c2)C(=O)O1. The first-order valence-corrected chi connectivity index (χ1v) is 11.0. The Morgan fingerprint density at radius 1 is 1.21 bits per heavy atom. The largest absolute Gasteiger partial charge is 0.455 e. The van der Waals surface area contributed by atoms with E-state index in [9.17, 15) is 23.6 Å². The molecule has 11 nitrogen and oxygen atoms in total. The summed E-state index contributed by atoms with van der Waals surface area (Å²) in [7, 11) is 3.46. The Morgan fingerprint density at radius 3 is 2.53 bits per heavy atom. The van der Waals surface area contributed by atoms with E-state index in [1.807, 2.05) is 4.90 Å². The van der Waals surface area contributed by atoms with Crippen LogP contribution in [0.2, 0.25) is 0 Å². The molecule has 2 fully saturated rings. The lowest BCUT2D eigenvalue weighted by atomic mass is 10.2. The third-order valence-electron chi connectivity index (χ3n) is 5.47. The second kappa shape index (κ2) is 11.1. The van der Waals surface area contributed by atoms with Crippen molar-refractivity contribution in [1.82, 2.24) is 15.1 Å². The third-order valence-corrected chi connectivity index (χ3v) is 5.47. The lowest BCUT2D eigenvalue weighted by molar-refractivity contribution is -0.152. The van der Waals surface area contributed by atoms with Crippen LogP contribution in [0.3, 0.4) is 0 Å². The van der Waals surface area contributed by atoms with Gasteiger partial charge in [-0.05, 0) is 32.3 Å². The molecule has 2 heterocycles. The maximum Gasteiger partial charge on any atom is 0.414 e. The Balaban J connectivity index is 1.52. The molecule has 3 rings (SSSR count). The molecule has 0 saturated carbocycles. The van der Waals surface area contributed by atoms with Gasteiger partial charge in [0.05, 0.1) is 31.0 Å². The molecule has 0 spiro atoms. The van der Waals surface area contributed by atoms with Crippen LogP contribution in [-0.2, 0) is 23.9 Å². The monoisotopic (exact) mass is 479 g/mol. The Bertz CT molecular complexity index is 934. The van der Waals surface area contributed by atoms with Crippen molar-refractivity contribution in [2.24, 2.45) is 0 Å². The number of halogens is 1. The predicted octanol–water partition coefficient (Wildman–Crippen LogP) is 0.0404. The molecule has 0 radical (unpaired) electrons. The molecular formula is C22H30FN5O6. The minimum atomic E-state index is -0.596. The van der Waals surface area contributed by atoms with Crippen LogP contribution in [-0.4, -0.2) is 106 Å². The lowest BCUT2D eigenvalue weighted by Crippen LogP contribution is -2.50. The van der Waals surface area contributed by atoms with Crippen LogP contribution in [0, 0.1) is 5.82 Å². The van der Waals surface area contributed by atoms with Crippen molar-refractivity contribution in [2.75, 3.05) is 76.3 Å². The highest BCUT2D eigenvalue weighted by Crippen LogP contribution is 2.28. The van der Waals surface area contributed by atoms with Gasteiger partial charge < -0.3 is 24.6 Å². The van der Waals surface area contributed by atoms with Crippen LogP contribution < -0.4 is 15.1 Å². The van der Waals surface area contributed by atoms with Crippen molar-refractivity contribution in [3.8, 4) is 0 Å². The number of rotatable bonds is 8. The molecule has 1 N–H and O–H groups in total. The van der Waals surface area contributed by atoms with Gasteiger partial charge in [-0.25, -0.2) is 9.18 Å². The number of carbonyl (C=O) groups excluding carboxylic acids is 4. The maximum absolute atomic E-state index is 14.9. The Morgan fingerprint density at radius 2 is 1.91 bits per heavy atom. The van der Waals surface area contributed by atoms with Crippen LogP contribution in [0.25, 0.3) is 0 Å².